The average molecular weight is 380 g/mol. The van der Waals surface area contributed by atoms with Crippen molar-refractivity contribution in [3.8, 4) is 0 Å². The number of carboxylic acids is 1. The van der Waals surface area contributed by atoms with Crippen LogP contribution in [0.25, 0.3) is 0 Å². The highest BCUT2D eigenvalue weighted by atomic mass is 35.5. The van der Waals surface area contributed by atoms with Gasteiger partial charge in [-0.15, -0.1) is 0 Å². The molecule has 1 N–H and O–H groups in total. The molecule has 1 aromatic rings. The van der Waals surface area contributed by atoms with Crippen molar-refractivity contribution in [3.05, 3.63) is 34.9 Å². The number of nitrogens with zero attached hydrogens (tertiary/aromatic N) is 3. The molecule has 2 heterocycles. The first-order valence-corrected chi connectivity index (χ1v) is 9.44. The van der Waals surface area contributed by atoms with Crippen molar-refractivity contribution in [2.24, 2.45) is 5.41 Å². The van der Waals surface area contributed by atoms with E-state index in [9.17, 15) is 14.7 Å². The van der Waals surface area contributed by atoms with Crippen LogP contribution < -0.4 is 0 Å². The topological polar surface area (TPSA) is 64.1 Å². The molecule has 2 saturated heterocycles. The van der Waals surface area contributed by atoms with Crippen LogP contribution in [0.3, 0.4) is 0 Å². The molecule has 1 amide bonds. The summed E-state index contributed by atoms with van der Waals surface area (Å²) >= 11 is 6.04. The lowest BCUT2D eigenvalue weighted by molar-refractivity contribution is -0.147. The Morgan fingerprint density at radius 2 is 1.88 bits per heavy atom. The number of carbonyl (C=O) groups is 2. The van der Waals surface area contributed by atoms with Crippen LogP contribution in [-0.2, 0) is 16.1 Å². The molecule has 1 aromatic carbocycles. The third-order valence-electron chi connectivity index (χ3n) is 5.45. The van der Waals surface area contributed by atoms with E-state index in [1.165, 1.54) is 5.56 Å². The van der Waals surface area contributed by atoms with Crippen molar-refractivity contribution in [2.45, 2.75) is 19.9 Å². The molecule has 0 bridgehead atoms. The predicted octanol–water partition coefficient (Wildman–Crippen LogP) is 1.78. The third kappa shape index (κ3) is 4.55. The van der Waals surface area contributed by atoms with E-state index in [4.69, 9.17) is 11.6 Å². The maximum absolute atomic E-state index is 12.5. The van der Waals surface area contributed by atoms with Crippen molar-refractivity contribution in [1.29, 1.82) is 0 Å². The Labute approximate surface area is 159 Å². The molecular formula is C19H26ClN3O3. The van der Waals surface area contributed by atoms with Crippen LogP contribution in [0.2, 0.25) is 5.02 Å². The fourth-order valence-corrected chi connectivity index (χ4v) is 3.92. The number of hydrogen-bond donors (Lipinski definition) is 1. The molecule has 6 nitrogen and oxygen atoms in total. The lowest BCUT2D eigenvalue weighted by Gasteiger charge is -2.35. The van der Waals surface area contributed by atoms with Crippen LogP contribution in [0.5, 0.6) is 0 Å². The number of rotatable bonds is 5. The first-order chi connectivity index (χ1) is 12.4. The maximum Gasteiger partial charge on any atom is 0.310 e. The summed E-state index contributed by atoms with van der Waals surface area (Å²) in [5.41, 5.74) is 0.456. The summed E-state index contributed by atoms with van der Waals surface area (Å²) in [5, 5.41) is 10.1. The third-order valence-corrected chi connectivity index (χ3v) is 5.68. The average Bonchev–Trinajstić information content (AvgIpc) is 2.98. The van der Waals surface area contributed by atoms with Crippen molar-refractivity contribution in [1.82, 2.24) is 14.7 Å². The lowest BCUT2D eigenvalue weighted by Crippen LogP contribution is -2.50. The Balaban J connectivity index is 1.45. The number of carbonyl (C=O) groups excluding carboxylic acids is 1. The Kier molecular flexibility index (Phi) is 5.85. The summed E-state index contributed by atoms with van der Waals surface area (Å²) in [6.45, 7) is 7.13. The largest absolute Gasteiger partial charge is 0.481 e. The lowest BCUT2D eigenvalue weighted by atomic mass is 9.90. The van der Waals surface area contributed by atoms with Gasteiger partial charge in [-0.25, -0.2) is 0 Å². The van der Waals surface area contributed by atoms with Crippen LogP contribution in [0.4, 0.5) is 0 Å². The second-order valence-electron chi connectivity index (χ2n) is 7.61. The van der Waals surface area contributed by atoms with E-state index in [2.05, 4.69) is 11.0 Å². The van der Waals surface area contributed by atoms with Gasteiger partial charge in [0.2, 0.25) is 5.91 Å². The van der Waals surface area contributed by atoms with E-state index >= 15 is 0 Å². The van der Waals surface area contributed by atoms with Gasteiger partial charge >= 0.3 is 5.97 Å². The van der Waals surface area contributed by atoms with E-state index in [0.29, 0.717) is 39.1 Å². The molecule has 0 aliphatic carbocycles. The van der Waals surface area contributed by atoms with Gasteiger partial charge in [0.15, 0.2) is 0 Å². The monoisotopic (exact) mass is 379 g/mol. The predicted molar refractivity (Wildman–Crippen MR) is 100 cm³/mol. The Hall–Kier alpha value is -1.63. The molecule has 26 heavy (non-hydrogen) atoms. The number of aliphatic carboxylic acids is 1. The number of carboxylic acid groups (broad SMARTS) is 1. The Bertz CT molecular complexity index is 676. The first-order valence-electron chi connectivity index (χ1n) is 9.06. The molecule has 2 aliphatic rings. The fourth-order valence-electron chi connectivity index (χ4n) is 3.71. The molecular weight excluding hydrogens is 354 g/mol. The molecule has 0 aromatic heterocycles. The van der Waals surface area contributed by atoms with Crippen molar-refractivity contribution in [3.63, 3.8) is 0 Å². The summed E-state index contributed by atoms with van der Waals surface area (Å²) in [6.07, 6.45) is 0.600. The number of likely N-dealkylation sites (tertiary alicyclic amines) is 1. The summed E-state index contributed by atoms with van der Waals surface area (Å²) in [7, 11) is 0. The van der Waals surface area contributed by atoms with Gasteiger partial charge in [-0.3, -0.25) is 19.4 Å². The molecule has 2 aliphatic heterocycles. The molecule has 0 saturated carbocycles. The van der Waals surface area contributed by atoms with Crippen molar-refractivity contribution < 1.29 is 14.7 Å². The molecule has 1 unspecified atom stereocenters. The SMILES string of the molecule is CC1(C(=O)O)CCN(CC(=O)N2CCN(Cc3cccc(Cl)c3)CC2)C1. The highest BCUT2D eigenvalue weighted by Gasteiger charge is 2.41. The standard InChI is InChI=1S/C19H26ClN3O3/c1-19(18(25)26)5-6-22(14-19)13-17(24)23-9-7-21(8-10-23)12-15-3-2-4-16(20)11-15/h2-4,11H,5-10,12-14H2,1H3,(H,25,26). The minimum atomic E-state index is -0.776. The number of hydrogen-bond acceptors (Lipinski definition) is 4. The van der Waals surface area contributed by atoms with Gasteiger partial charge in [0.1, 0.15) is 0 Å². The maximum atomic E-state index is 12.5. The Morgan fingerprint density at radius 3 is 2.50 bits per heavy atom. The van der Waals surface area contributed by atoms with E-state index in [-0.39, 0.29) is 5.91 Å². The molecule has 3 rings (SSSR count). The summed E-state index contributed by atoms with van der Waals surface area (Å²) in [6, 6.07) is 7.87. The van der Waals surface area contributed by atoms with Gasteiger partial charge in [-0.05, 0) is 37.6 Å². The zero-order chi connectivity index (χ0) is 18.7. The van der Waals surface area contributed by atoms with Gasteiger partial charge in [0.05, 0.1) is 12.0 Å². The highest BCUT2D eigenvalue weighted by Crippen LogP contribution is 2.29. The van der Waals surface area contributed by atoms with Gasteiger partial charge in [-0.2, -0.15) is 0 Å². The first kappa shape index (κ1) is 19.1. The van der Waals surface area contributed by atoms with E-state index in [0.717, 1.165) is 24.7 Å². The van der Waals surface area contributed by atoms with Crippen molar-refractivity contribution in [2.75, 3.05) is 45.8 Å². The molecule has 0 spiro atoms. The summed E-state index contributed by atoms with van der Waals surface area (Å²) in [5.74, 6) is -0.677. The van der Waals surface area contributed by atoms with Crippen molar-refractivity contribution >= 4 is 23.5 Å². The van der Waals surface area contributed by atoms with Crippen LogP contribution >= 0.6 is 11.6 Å². The summed E-state index contributed by atoms with van der Waals surface area (Å²) < 4.78 is 0. The highest BCUT2D eigenvalue weighted by molar-refractivity contribution is 6.30. The molecule has 0 radical (unpaired) electrons. The van der Waals surface area contributed by atoms with E-state index < -0.39 is 11.4 Å². The van der Waals surface area contributed by atoms with E-state index in [1.54, 1.807) is 6.92 Å². The smallest absolute Gasteiger partial charge is 0.310 e. The number of piperazine rings is 1. The quantitative estimate of drug-likeness (QED) is 0.844. The van der Waals surface area contributed by atoms with Crippen LogP contribution in [0.1, 0.15) is 18.9 Å². The molecule has 1 atom stereocenters. The minimum Gasteiger partial charge on any atom is -0.481 e. The fraction of sp³-hybridized carbons (Fsp3) is 0.579. The summed E-state index contributed by atoms with van der Waals surface area (Å²) in [4.78, 5) is 30.1. The van der Waals surface area contributed by atoms with Crippen LogP contribution in [0, 0.1) is 5.41 Å². The van der Waals surface area contributed by atoms with Gasteiger partial charge in [0, 0.05) is 44.3 Å². The second-order valence-corrected chi connectivity index (χ2v) is 8.05. The van der Waals surface area contributed by atoms with Gasteiger partial charge < -0.3 is 10.0 Å². The van der Waals surface area contributed by atoms with Crippen LogP contribution in [0.15, 0.2) is 24.3 Å². The molecule has 142 valence electrons. The molecule has 2 fully saturated rings. The van der Waals surface area contributed by atoms with Gasteiger partial charge in [-0.1, -0.05) is 23.7 Å². The number of benzene rings is 1. The number of amides is 1. The van der Waals surface area contributed by atoms with E-state index in [1.807, 2.05) is 28.0 Å². The minimum absolute atomic E-state index is 0.0991. The van der Waals surface area contributed by atoms with Crippen LogP contribution in [-0.4, -0.2) is 77.5 Å². The zero-order valence-corrected chi connectivity index (χ0v) is 15.9. The van der Waals surface area contributed by atoms with Gasteiger partial charge in [0.25, 0.3) is 0 Å². The second kappa shape index (κ2) is 7.94. The number of halogens is 1. The zero-order valence-electron chi connectivity index (χ0n) is 15.2. The Morgan fingerprint density at radius 1 is 1.15 bits per heavy atom. The molecule has 7 heteroatoms. The normalized spacial score (nSPS) is 24.8.